The monoisotopic (exact) mass is 284 g/mol. The van der Waals surface area contributed by atoms with Crippen LogP contribution in [0, 0.1) is 11.6 Å². The van der Waals surface area contributed by atoms with Crippen molar-refractivity contribution in [2.45, 2.75) is 25.4 Å². The van der Waals surface area contributed by atoms with Crippen molar-refractivity contribution in [3.63, 3.8) is 0 Å². The van der Waals surface area contributed by atoms with Crippen molar-refractivity contribution in [3.05, 3.63) is 29.8 Å². The van der Waals surface area contributed by atoms with Crippen LogP contribution in [0.1, 0.15) is 19.3 Å². The van der Waals surface area contributed by atoms with Crippen molar-refractivity contribution >= 4 is 11.6 Å². The van der Waals surface area contributed by atoms with E-state index in [4.69, 9.17) is 4.74 Å². The van der Waals surface area contributed by atoms with Gasteiger partial charge in [-0.05, 0) is 38.1 Å². The van der Waals surface area contributed by atoms with Crippen LogP contribution in [-0.2, 0) is 9.53 Å². The highest BCUT2D eigenvalue weighted by Gasteiger charge is 2.14. The third kappa shape index (κ3) is 4.25. The fourth-order valence-corrected chi connectivity index (χ4v) is 2.09. The number of anilines is 1. The lowest BCUT2D eigenvalue weighted by Gasteiger charge is -2.22. The molecule has 0 aliphatic carbocycles. The summed E-state index contributed by atoms with van der Waals surface area (Å²) in [5.41, 5.74) is -0.142. The van der Waals surface area contributed by atoms with Gasteiger partial charge in [0.2, 0.25) is 5.91 Å². The van der Waals surface area contributed by atoms with Gasteiger partial charge >= 0.3 is 0 Å². The number of hydrogen-bond donors (Lipinski definition) is 2. The van der Waals surface area contributed by atoms with Crippen molar-refractivity contribution in [3.8, 4) is 0 Å². The van der Waals surface area contributed by atoms with Crippen molar-refractivity contribution in [2.24, 2.45) is 0 Å². The van der Waals surface area contributed by atoms with Crippen LogP contribution in [0.4, 0.5) is 14.5 Å². The third-order valence-corrected chi connectivity index (χ3v) is 3.19. The van der Waals surface area contributed by atoms with Crippen molar-refractivity contribution in [1.82, 2.24) is 5.32 Å². The Balaban J connectivity index is 1.73. The largest absolute Gasteiger partial charge is 0.378 e. The molecule has 2 N–H and O–H groups in total. The first-order valence-corrected chi connectivity index (χ1v) is 6.73. The van der Waals surface area contributed by atoms with E-state index >= 15 is 0 Å². The predicted molar refractivity (Wildman–Crippen MR) is 71.4 cm³/mol. The first kappa shape index (κ1) is 14.9. The number of carbonyl (C=O) groups is 1. The Bertz CT molecular complexity index is 462. The number of rotatable bonds is 5. The van der Waals surface area contributed by atoms with Crippen LogP contribution >= 0.6 is 0 Å². The third-order valence-electron chi connectivity index (χ3n) is 3.19. The minimum absolute atomic E-state index is 0.125. The molecule has 0 radical (unpaired) electrons. The average Bonchev–Trinajstić information content (AvgIpc) is 2.45. The summed E-state index contributed by atoms with van der Waals surface area (Å²) < 4.78 is 31.9. The first-order valence-electron chi connectivity index (χ1n) is 6.73. The Morgan fingerprint density at radius 2 is 2.10 bits per heavy atom. The van der Waals surface area contributed by atoms with E-state index in [1.165, 1.54) is 12.1 Å². The minimum Gasteiger partial charge on any atom is -0.378 e. The second-order valence-corrected chi connectivity index (χ2v) is 4.72. The van der Waals surface area contributed by atoms with Crippen LogP contribution in [0.15, 0.2) is 18.2 Å². The van der Waals surface area contributed by atoms with Gasteiger partial charge in [0.1, 0.15) is 0 Å². The molecule has 0 spiro atoms. The molecule has 1 fully saturated rings. The molecule has 1 aromatic rings. The number of benzene rings is 1. The summed E-state index contributed by atoms with van der Waals surface area (Å²) in [4.78, 5) is 11.6. The van der Waals surface area contributed by atoms with E-state index in [0.717, 1.165) is 32.0 Å². The molecule has 1 amide bonds. The Kier molecular flexibility index (Phi) is 5.43. The van der Waals surface area contributed by atoms with Crippen molar-refractivity contribution in [1.29, 1.82) is 0 Å². The Hall–Kier alpha value is -1.53. The summed E-state index contributed by atoms with van der Waals surface area (Å²) in [5.74, 6) is -2.41. The zero-order chi connectivity index (χ0) is 14.4. The lowest BCUT2D eigenvalue weighted by molar-refractivity contribution is -0.117. The molecule has 1 aromatic carbocycles. The van der Waals surface area contributed by atoms with E-state index in [1.54, 1.807) is 0 Å². The first-order chi connectivity index (χ1) is 9.66. The zero-order valence-electron chi connectivity index (χ0n) is 11.1. The highest BCUT2D eigenvalue weighted by atomic mass is 19.2. The van der Waals surface area contributed by atoms with Gasteiger partial charge in [-0.25, -0.2) is 8.78 Å². The maximum Gasteiger partial charge on any atom is 0.226 e. The van der Waals surface area contributed by atoms with Crippen LogP contribution < -0.4 is 10.6 Å². The highest BCUT2D eigenvalue weighted by Crippen LogP contribution is 2.16. The summed E-state index contributed by atoms with van der Waals surface area (Å²) >= 11 is 0. The summed E-state index contributed by atoms with van der Waals surface area (Å²) in [5, 5.41) is 5.56. The van der Waals surface area contributed by atoms with Gasteiger partial charge in [0.25, 0.3) is 0 Å². The highest BCUT2D eigenvalue weighted by molar-refractivity contribution is 5.90. The molecule has 1 saturated heterocycles. The summed E-state index contributed by atoms with van der Waals surface area (Å²) in [6.45, 7) is 2.13. The second kappa shape index (κ2) is 7.31. The van der Waals surface area contributed by atoms with Crippen LogP contribution in [0.2, 0.25) is 0 Å². The van der Waals surface area contributed by atoms with E-state index in [0.29, 0.717) is 0 Å². The predicted octanol–water partition coefficient (Wildman–Crippen LogP) is 2.06. The molecule has 0 aromatic heterocycles. The van der Waals surface area contributed by atoms with E-state index in [2.05, 4.69) is 10.6 Å². The maximum atomic E-state index is 13.3. The van der Waals surface area contributed by atoms with E-state index < -0.39 is 11.6 Å². The SMILES string of the molecule is O=C(CCOC1CCNCC1)Nc1cccc(F)c1F. The fraction of sp³-hybridized carbons (Fsp3) is 0.500. The lowest BCUT2D eigenvalue weighted by Crippen LogP contribution is -2.33. The van der Waals surface area contributed by atoms with Crippen LogP contribution in [0.25, 0.3) is 0 Å². The van der Waals surface area contributed by atoms with Gasteiger partial charge in [-0.1, -0.05) is 6.07 Å². The molecule has 110 valence electrons. The number of piperidine rings is 1. The van der Waals surface area contributed by atoms with Gasteiger partial charge in [0, 0.05) is 0 Å². The fourth-order valence-electron chi connectivity index (χ4n) is 2.09. The number of ether oxygens (including phenoxy) is 1. The molecular formula is C14H18F2N2O2. The summed E-state index contributed by atoms with van der Waals surface area (Å²) in [6, 6.07) is 3.68. The number of halogens is 2. The summed E-state index contributed by atoms with van der Waals surface area (Å²) in [6.07, 6.45) is 2.16. The maximum absolute atomic E-state index is 13.3. The second-order valence-electron chi connectivity index (χ2n) is 4.72. The number of carbonyl (C=O) groups excluding carboxylic acids is 1. The molecule has 0 atom stereocenters. The van der Waals surface area contributed by atoms with Crippen LogP contribution in [0.5, 0.6) is 0 Å². The molecular weight excluding hydrogens is 266 g/mol. The Labute approximate surface area is 116 Å². The topological polar surface area (TPSA) is 50.4 Å². The van der Waals surface area contributed by atoms with Gasteiger partial charge in [-0.3, -0.25) is 4.79 Å². The summed E-state index contributed by atoms with van der Waals surface area (Å²) in [7, 11) is 0. The van der Waals surface area contributed by atoms with E-state index in [9.17, 15) is 13.6 Å². The molecule has 1 aliphatic heterocycles. The Morgan fingerprint density at radius 3 is 2.85 bits per heavy atom. The molecule has 1 aliphatic rings. The zero-order valence-corrected chi connectivity index (χ0v) is 11.1. The normalized spacial score (nSPS) is 16.1. The molecule has 1 heterocycles. The molecule has 0 bridgehead atoms. The number of amides is 1. The van der Waals surface area contributed by atoms with Crippen molar-refractivity contribution < 1.29 is 18.3 Å². The van der Waals surface area contributed by atoms with Gasteiger partial charge in [0.05, 0.1) is 24.8 Å². The van der Waals surface area contributed by atoms with E-state index in [1.807, 2.05) is 0 Å². The lowest BCUT2D eigenvalue weighted by atomic mass is 10.1. The molecule has 6 heteroatoms. The molecule has 0 unspecified atom stereocenters. The van der Waals surface area contributed by atoms with Crippen molar-refractivity contribution in [2.75, 3.05) is 25.0 Å². The smallest absolute Gasteiger partial charge is 0.226 e. The minimum atomic E-state index is -1.04. The van der Waals surface area contributed by atoms with Crippen LogP contribution in [0.3, 0.4) is 0 Å². The molecule has 0 saturated carbocycles. The number of hydrogen-bond acceptors (Lipinski definition) is 3. The average molecular weight is 284 g/mol. The number of nitrogens with one attached hydrogen (secondary N) is 2. The molecule has 4 nitrogen and oxygen atoms in total. The Morgan fingerprint density at radius 1 is 1.35 bits per heavy atom. The molecule has 20 heavy (non-hydrogen) atoms. The van der Waals surface area contributed by atoms with Gasteiger partial charge < -0.3 is 15.4 Å². The molecule has 2 rings (SSSR count). The van der Waals surface area contributed by atoms with Gasteiger partial charge in [0.15, 0.2) is 11.6 Å². The quantitative estimate of drug-likeness (QED) is 0.870. The van der Waals surface area contributed by atoms with Crippen LogP contribution in [-0.4, -0.2) is 31.7 Å². The van der Waals surface area contributed by atoms with E-state index in [-0.39, 0.29) is 30.7 Å². The standard InChI is InChI=1S/C14H18F2N2O2/c15-11-2-1-3-12(14(11)16)18-13(19)6-9-20-10-4-7-17-8-5-10/h1-3,10,17H,4-9H2,(H,18,19). The van der Waals surface area contributed by atoms with Gasteiger partial charge in [-0.2, -0.15) is 0 Å². The van der Waals surface area contributed by atoms with Gasteiger partial charge in [-0.15, -0.1) is 0 Å².